The fourth-order valence-corrected chi connectivity index (χ4v) is 3.14. The molecular weight excluding hydrogens is 378 g/mol. The first-order valence-corrected chi connectivity index (χ1v) is 10.1. The number of aromatic amines is 1. The van der Waals surface area contributed by atoms with Crippen LogP contribution in [0.15, 0.2) is 47.3 Å². The molecule has 0 fully saturated rings. The summed E-state index contributed by atoms with van der Waals surface area (Å²) in [6.07, 6.45) is 6.19. The van der Waals surface area contributed by atoms with Gasteiger partial charge in [-0.3, -0.25) is 4.79 Å². The van der Waals surface area contributed by atoms with E-state index >= 15 is 0 Å². The van der Waals surface area contributed by atoms with Gasteiger partial charge in [-0.05, 0) is 42.3 Å². The van der Waals surface area contributed by atoms with Gasteiger partial charge in [0, 0.05) is 0 Å². The number of fused-ring (bicyclic) bond motifs is 1. The average molecular weight is 403 g/mol. The zero-order valence-corrected chi connectivity index (χ0v) is 17.3. The molecule has 3 aromatic rings. The number of aromatic nitrogens is 2. The second-order valence-corrected chi connectivity index (χ2v) is 6.92. The Balaban J connectivity index is 1.85. The summed E-state index contributed by atoms with van der Waals surface area (Å²) >= 11 is 0. The van der Waals surface area contributed by atoms with Gasteiger partial charge in [-0.25, -0.2) is 4.98 Å². The number of para-hydroxylation sites is 1. The molecule has 1 aromatic heterocycles. The lowest BCUT2D eigenvalue weighted by molar-refractivity contribution is 0.285. The van der Waals surface area contributed by atoms with Crippen molar-refractivity contribution in [2.75, 3.05) is 13.7 Å². The highest BCUT2D eigenvalue weighted by molar-refractivity contribution is 5.89. The Labute approximate surface area is 175 Å². The van der Waals surface area contributed by atoms with E-state index in [1.165, 1.54) is 12.8 Å². The van der Waals surface area contributed by atoms with Crippen LogP contribution in [0.2, 0.25) is 0 Å². The number of methoxy groups -OCH3 is 1. The number of ether oxygens (including phenoxy) is 2. The van der Waals surface area contributed by atoms with Crippen molar-refractivity contribution in [1.29, 1.82) is 5.26 Å². The molecule has 0 saturated carbocycles. The minimum atomic E-state index is -0.277. The molecule has 0 unspecified atom stereocenters. The third-order valence-electron chi connectivity index (χ3n) is 4.74. The molecule has 0 atom stereocenters. The third-order valence-corrected chi connectivity index (χ3v) is 4.74. The first kappa shape index (κ1) is 21.1. The zero-order chi connectivity index (χ0) is 21.3. The fraction of sp³-hybridized carbons (Fsp3) is 0.292. The molecule has 1 heterocycles. The van der Waals surface area contributed by atoms with E-state index in [-0.39, 0.29) is 17.0 Å². The molecule has 0 radical (unpaired) electrons. The number of benzene rings is 2. The number of rotatable bonds is 9. The zero-order valence-electron chi connectivity index (χ0n) is 17.3. The van der Waals surface area contributed by atoms with Crippen LogP contribution in [0.3, 0.4) is 0 Å². The number of nitrogens with zero attached hydrogens (tertiary/aromatic N) is 2. The van der Waals surface area contributed by atoms with Crippen molar-refractivity contribution in [2.45, 2.75) is 32.6 Å². The van der Waals surface area contributed by atoms with E-state index in [2.05, 4.69) is 23.0 Å². The lowest BCUT2D eigenvalue weighted by atomic mass is 10.1. The van der Waals surface area contributed by atoms with E-state index in [1.54, 1.807) is 43.5 Å². The molecule has 154 valence electrons. The number of nitriles is 1. The maximum atomic E-state index is 12.3. The van der Waals surface area contributed by atoms with Crippen LogP contribution in [-0.4, -0.2) is 23.7 Å². The average Bonchev–Trinajstić information content (AvgIpc) is 2.77. The second-order valence-electron chi connectivity index (χ2n) is 6.92. The maximum Gasteiger partial charge on any atom is 0.259 e. The Bertz CT molecular complexity index is 1140. The van der Waals surface area contributed by atoms with Crippen LogP contribution in [-0.2, 0) is 0 Å². The number of hydrogen-bond acceptors (Lipinski definition) is 5. The van der Waals surface area contributed by atoms with Crippen LogP contribution in [0.5, 0.6) is 11.5 Å². The molecule has 0 amide bonds. The number of allylic oxidation sites excluding steroid dienone is 1. The topological polar surface area (TPSA) is 88.0 Å². The van der Waals surface area contributed by atoms with E-state index in [4.69, 9.17) is 9.47 Å². The maximum absolute atomic E-state index is 12.3. The van der Waals surface area contributed by atoms with Crippen molar-refractivity contribution in [3.05, 3.63) is 64.2 Å². The van der Waals surface area contributed by atoms with Crippen molar-refractivity contribution in [3.63, 3.8) is 0 Å². The SMILES string of the molecule is CCCCCCOc1ccc(/C=C(/C#N)c2nc3ccccc3c(=O)[nH]2)cc1OC. The second kappa shape index (κ2) is 10.3. The van der Waals surface area contributed by atoms with E-state index < -0.39 is 0 Å². The predicted molar refractivity (Wildman–Crippen MR) is 118 cm³/mol. The predicted octanol–water partition coefficient (Wildman–Crippen LogP) is 4.95. The Morgan fingerprint density at radius 3 is 2.77 bits per heavy atom. The van der Waals surface area contributed by atoms with Crippen molar-refractivity contribution < 1.29 is 9.47 Å². The van der Waals surface area contributed by atoms with Crippen molar-refractivity contribution >= 4 is 22.6 Å². The minimum Gasteiger partial charge on any atom is -0.493 e. The standard InChI is InChI=1S/C24H25N3O3/c1-3-4-5-8-13-30-21-12-11-17(15-22(21)29-2)14-18(16-25)23-26-20-10-7-6-9-19(20)24(28)27-23/h6-7,9-12,14-15H,3-5,8,13H2,1-2H3,(H,26,27,28)/b18-14-. The molecule has 6 nitrogen and oxygen atoms in total. The van der Waals surface area contributed by atoms with E-state index in [0.717, 1.165) is 18.4 Å². The Kier molecular flexibility index (Phi) is 7.23. The van der Waals surface area contributed by atoms with Crippen LogP contribution < -0.4 is 15.0 Å². The summed E-state index contributed by atoms with van der Waals surface area (Å²) < 4.78 is 11.3. The van der Waals surface area contributed by atoms with Crippen molar-refractivity contribution in [3.8, 4) is 17.6 Å². The van der Waals surface area contributed by atoms with E-state index in [9.17, 15) is 10.1 Å². The summed E-state index contributed by atoms with van der Waals surface area (Å²) in [5.41, 5.74) is 1.27. The highest BCUT2D eigenvalue weighted by atomic mass is 16.5. The summed E-state index contributed by atoms with van der Waals surface area (Å²) in [5.74, 6) is 1.50. The molecule has 1 N–H and O–H groups in total. The highest BCUT2D eigenvalue weighted by Crippen LogP contribution is 2.30. The summed E-state index contributed by atoms with van der Waals surface area (Å²) in [6.45, 7) is 2.81. The molecule has 6 heteroatoms. The van der Waals surface area contributed by atoms with Gasteiger partial charge in [0.25, 0.3) is 5.56 Å². The van der Waals surface area contributed by atoms with Crippen LogP contribution in [0.1, 0.15) is 44.0 Å². The normalized spacial score (nSPS) is 11.3. The van der Waals surface area contributed by atoms with Gasteiger partial charge in [0.1, 0.15) is 6.07 Å². The Morgan fingerprint density at radius 1 is 1.17 bits per heavy atom. The van der Waals surface area contributed by atoms with Gasteiger partial charge >= 0.3 is 0 Å². The molecular formula is C24H25N3O3. The molecule has 0 aliphatic heterocycles. The summed E-state index contributed by atoms with van der Waals surface area (Å²) in [7, 11) is 1.58. The molecule has 0 saturated heterocycles. The smallest absolute Gasteiger partial charge is 0.259 e. The minimum absolute atomic E-state index is 0.233. The van der Waals surface area contributed by atoms with Gasteiger partial charge in [0.2, 0.25) is 0 Å². The van der Waals surface area contributed by atoms with Crippen LogP contribution in [0.4, 0.5) is 0 Å². The van der Waals surface area contributed by atoms with Crippen molar-refractivity contribution in [2.24, 2.45) is 0 Å². The largest absolute Gasteiger partial charge is 0.493 e. The third kappa shape index (κ3) is 5.06. The van der Waals surface area contributed by atoms with Gasteiger partial charge < -0.3 is 14.5 Å². The van der Waals surface area contributed by atoms with Gasteiger partial charge in [-0.15, -0.1) is 0 Å². The first-order chi connectivity index (χ1) is 14.7. The van der Waals surface area contributed by atoms with Gasteiger partial charge in [-0.2, -0.15) is 5.26 Å². The van der Waals surface area contributed by atoms with Gasteiger partial charge in [0.15, 0.2) is 17.3 Å². The quantitative estimate of drug-likeness (QED) is 0.403. The molecule has 30 heavy (non-hydrogen) atoms. The molecule has 2 aromatic carbocycles. The van der Waals surface area contributed by atoms with Gasteiger partial charge in [-0.1, -0.05) is 44.4 Å². The molecule has 0 aliphatic carbocycles. The monoisotopic (exact) mass is 403 g/mol. The number of H-pyrrole nitrogens is 1. The summed E-state index contributed by atoms with van der Waals surface area (Å²) in [6, 6.07) is 14.6. The molecule has 0 spiro atoms. The summed E-state index contributed by atoms with van der Waals surface area (Å²) in [4.78, 5) is 19.4. The number of nitrogens with one attached hydrogen (secondary N) is 1. The van der Waals surface area contributed by atoms with Crippen LogP contribution >= 0.6 is 0 Å². The van der Waals surface area contributed by atoms with E-state index in [0.29, 0.717) is 29.0 Å². The lowest BCUT2D eigenvalue weighted by Crippen LogP contribution is -2.11. The Morgan fingerprint density at radius 2 is 2.00 bits per heavy atom. The van der Waals surface area contributed by atoms with Gasteiger partial charge in [0.05, 0.1) is 30.2 Å². The number of hydrogen-bond donors (Lipinski definition) is 1. The summed E-state index contributed by atoms with van der Waals surface area (Å²) in [5, 5.41) is 10.1. The van der Waals surface area contributed by atoms with E-state index in [1.807, 2.05) is 12.1 Å². The fourth-order valence-electron chi connectivity index (χ4n) is 3.14. The van der Waals surface area contributed by atoms with Crippen LogP contribution in [0.25, 0.3) is 22.6 Å². The van der Waals surface area contributed by atoms with Crippen molar-refractivity contribution in [1.82, 2.24) is 9.97 Å². The lowest BCUT2D eigenvalue weighted by Gasteiger charge is -2.11. The highest BCUT2D eigenvalue weighted by Gasteiger charge is 2.10. The number of unbranched alkanes of at least 4 members (excludes halogenated alkanes) is 3. The molecule has 0 aliphatic rings. The van der Waals surface area contributed by atoms with Crippen LogP contribution in [0, 0.1) is 11.3 Å². The molecule has 0 bridgehead atoms. The first-order valence-electron chi connectivity index (χ1n) is 10.1. The Hall–Kier alpha value is -3.59. The molecule has 3 rings (SSSR count).